The van der Waals surface area contributed by atoms with Gasteiger partial charge in [-0.2, -0.15) is 0 Å². The van der Waals surface area contributed by atoms with Crippen LogP contribution >= 0.6 is 0 Å². The predicted octanol–water partition coefficient (Wildman–Crippen LogP) is 3.59. The largest absolute Gasteiger partial charge is 0.497 e. The average Bonchev–Trinajstić information content (AvgIpc) is 2.76. The van der Waals surface area contributed by atoms with Gasteiger partial charge >= 0.3 is 0 Å². The molecule has 1 atom stereocenters. The smallest absolute Gasteiger partial charge is 0.129 e. The predicted molar refractivity (Wildman–Crippen MR) is 77.6 cm³/mol. The van der Waals surface area contributed by atoms with Crippen LogP contribution in [0.15, 0.2) is 35.8 Å². The first-order valence-electron chi connectivity index (χ1n) is 6.45. The van der Waals surface area contributed by atoms with E-state index in [0.29, 0.717) is 6.42 Å². The van der Waals surface area contributed by atoms with E-state index >= 15 is 0 Å². The molecule has 0 aromatic heterocycles. The van der Waals surface area contributed by atoms with Crippen molar-refractivity contribution < 1.29 is 9.53 Å². The topological polar surface area (TPSA) is 38.7 Å². The zero-order chi connectivity index (χ0) is 13.9. The lowest BCUT2D eigenvalue weighted by molar-refractivity contribution is -0.117. The third-order valence-electron chi connectivity index (χ3n) is 3.62. The standard InChI is InChI=1S/C16H19NO2/c1-4-8-16(9-7-12(2)18)11-17-15-6-5-13(19-3)10-14(15)16/h4-6,10-11H,1,7-9H2,2-3H3/t16-/m1/s1. The summed E-state index contributed by atoms with van der Waals surface area (Å²) < 4.78 is 5.29. The molecule has 1 aliphatic heterocycles. The lowest BCUT2D eigenvalue weighted by atomic mass is 9.75. The summed E-state index contributed by atoms with van der Waals surface area (Å²) in [5, 5.41) is 0. The lowest BCUT2D eigenvalue weighted by Gasteiger charge is -2.26. The highest BCUT2D eigenvalue weighted by Gasteiger charge is 2.35. The quantitative estimate of drug-likeness (QED) is 0.730. The number of nitrogens with zero attached hydrogens (tertiary/aromatic N) is 1. The highest BCUT2D eigenvalue weighted by Crippen LogP contribution is 2.44. The van der Waals surface area contributed by atoms with Crippen LogP contribution in [0.25, 0.3) is 0 Å². The van der Waals surface area contributed by atoms with Gasteiger partial charge in [0, 0.05) is 18.1 Å². The van der Waals surface area contributed by atoms with Crippen molar-refractivity contribution in [3.63, 3.8) is 0 Å². The highest BCUT2D eigenvalue weighted by molar-refractivity contribution is 5.87. The van der Waals surface area contributed by atoms with E-state index < -0.39 is 0 Å². The highest BCUT2D eigenvalue weighted by atomic mass is 16.5. The van der Waals surface area contributed by atoms with E-state index in [1.165, 1.54) is 0 Å². The van der Waals surface area contributed by atoms with E-state index in [1.54, 1.807) is 14.0 Å². The molecule has 0 saturated heterocycles. The molecule has 0 aliphatic carbocycles. The van der Waals surface area contributed by atoms with Crippen LogP contribution in [0.2, 0.25) is 0 Å². The molecular weight excluding hydrogens is 238 g/mol. The molecule has 0 fully saturated rings. The first kappa shape index (κ1) is 13.5. The van der Waals surface area contributed by atoms with Crippen molar-refractivity contribution in [1.29, 1.82) is 0 Å². The molecule has 0 amide bonds. The Hall–Kier alpha value is -1.90. The fourth-order valence-corrected chi connectivity index (χ4v) is 2.54. The number of ketones is 1. The molecule has 1 aromatic carbocycles. The summed E-state index contributed by atoms with van der Waals surface area (Å²) in [6.45, 7) is 5.46. The molecule has 0 radical (unpaired) electrons. The van der Waals surface area contributed by atoms with Gasteiger partial charge in [0.15, 0.2) is 0 Å². The van der Waals surface area contributed by atoms with Crippen molar-refractivity contribution in [2.24, 2.45) is 4.99 Å². The van der Waals surface area contributed by atoms with Crippen LogP contribution in [0.1, 0.15) is 31.7 Å². The third-order valence-corrected chi connectivity index (χ3v) is 3.62. The van der Waals surface area contributed by atoms with Crippen molar-refractivity contribution in [2.45, 2.75) is 31.6 Å². The Labute approximate surface area is 114 Å². The Bertz CT molecular complexity index is 534. The number of hydrogen-bond donors (Lipinski definition) is 0. The van der Waals surface area contributed by atoms with Gasteiger partial charge in [-0.3, -0.25) is 4.99 Å². The van der Waals surface area contributed by atoms with E-state index in [9.17, 15) is 4.79 Å². The second kappa shape index (κ2) is 5.39. The van der Waals surface area contributed by atoms with Gasteiger partial charge in [-0.05, 0) is 43.5 Å². The zero-order valence-electron chi connectivity index (χ0n) is 11.5. The van der Waals surface area contributed by atoms with E-state index in [0.717, 1.165) is 29.8 Å². The van der Waals surface area contributed by atoms with Crippen molar-refractivity contribution in [1.82, 2.24) is 0 Å². The normalized spacial score (nSPS) is 20.1. The van der Waals surface area contributed by atoms with Crippen LogP contribution < -0.4 is 4.74 Å². The van der Waals surface area contributed by atoms with Crippen LogP contribution in [0.5, 0.6) is 5.75 Å². The minimum absolute atomic E-state index is 0.202. The van der Waals surface area contributed by atoms with E-state index in [4.69, 9.17) is 4.74 Å². The van der Waals surface area contributed by atoms with Gasteiger partial charge in [0.05, 0.1) is 12.8 Å². The number of allylic oxidation sites excluding steroid dienone is 1. The SMILES string of the molecule is C=CC[C@@]1(CCC(C)=O)C=Nc2ccc(OC)cc21. The van der Waals surface area contributed by atoms with Crippen LogP contribution in [0, 0.1) is 0 Å². The van der Waals surface area contributed by atoms with Crippen molar-refractivity contribution in [2.75, 3.05) is 7.11 Å². The number of carbonyl (C=O) groups excluding carboxylic acids is 1. The molecule has 100 valence electrons. The molecule has 0 N–H and O–H groups in total. The summed E-state index contributed by atoms with van der Waals surface area (Å²) in [7, 11) is 1.66. The molecule has 3 nitrogen and oxygen atoms in total. The van der Waals surface area contributed by atoms with E-state index in [-0.39, 0.29) is 11.2 Å². The second-order valence-electron chi connectivity index (χ2n) is 4.99. The zero-order valence-corrected chi connectivity index (χ0v) is 11.5. The Balaban J connectivity index is 2.39. The van der Waals surface area contributed by atoms with Crippen LogP contribution in [-0.2, 0) is 10.2 Å². The Morgan fingerprint density at radius 2 is 2.32 bits per heavy atom. The van der Waals surface area contributed by atoms with Crippen LogP contribution in [-0.4, -0.2) is 19.1 Å². The van der Waals surface area contributed by atoms with Gasteiger partial charge in [0.25, 0.3) is 0 Å². The fourth-order valence-electron chi connectivity index (χ4n) is 2.54. The van der Waals surface area contributed by atoms with Crippen molar-refractivity contribution in [3.8, 4) is 5.75 Å². The maximum atomic E-state index is 11.3. The summed E-state index contributed by atoms with van der Waals surface area (Å²) in [4.78, 5) is 15.8. The number of rotatable bonds is 6. The molecule has 3 heteroatoms. The molecule has 0 unspecified atom stereocenters. The number of methoxy groups -OCH3 is 1. The summed E-state index contributed by atoms with van der Waals surface area (Å²) in [5.41, 5.74) is 1.89. The summed E-state index contributed by atoms with van der Waals surface area (Å²) >= 11 is 0. The van der Waals surface area contributed by atoms with Gasteiger partial charge in [0.1, 0.15) is 11.5 Å². The summed E-state index contributed by atoms with van der Waals surface area (Å²) in [6.07, 6.45) is 5.95. The molecule has 0 spiro atoms. The first-order valence-corrected chi connectivity index (χ1v) is 6.45. The molecule has 1 heterocycles. The number of Topliss-reactive ketones (excluding diaryl/α,β-unsaturated/α-hetero) is 1. The monoisotopic (exact) mass is 257 g/mol. The molecule has 1 aromatic rings. The minimum Gasteiger partial charge on any atom is -0.497 e. The fraction of sp³-hybridized carbons (Fsp3) is 0.375. The maximum Gasteiger partial charge on any atom is 0.129 e. The minimum atomic E-state index is -0.211. The summed E-state index contributed by atoms with van der Waals surface area (Å²) in [6, 6.07) is 5.89. The van der Waals surface area contributed by atoms with Crippen molar-refractivity contribution in [3.05, 3.63) is 36.4 Å². The first-order chi connectivity index (χ1) is 9.11. The Kier molecular flexibility index (Phi) is 3.84. The van der Waals surface area contributed by atoms with Crippen molar-refractivity contribution >= 4 is 17.7 Å². The van der Waals surface area contributed by atoms with Gasteiger partial charge in [-0.25, -0.2) is 0 Å². The molecule has 2 rings (SSSR count). The van der Waals surface area contributed by atoms with Gasteiger partial charge < -0.3 is 9.53 Å². The molecule has 0 bridgehead atoms. The van der Waals surface area contributed by atoms with E-state index in [2.05, 4.69) is 11.6 Å². The molecule has 0 saturated carbocycles. The lowest BCUT2D eigenvalue weighted by Crippen LogP contribution is -2.25. The third kappa shape index (κ3) is 2.60. The number of benzene rings is 1. The number of fused-ring (bicyclic) bond motifs is 1. The van der Waals surface area contributed by atoms with Crippen LogP contribution in [0.3, 0.4) is 0 Å². The van der Waals surface area contributed by atoms with Gasteiger partial charge in [-0.15, -0.1) is 6.58 Å². The Morgan fingerprint density at radius 1 is 1.53 bits per heavy atom. The van der Waals surface area contributed by atoms with Gasteiger partial charge in [-0.1, -0.05) is 6.08 Å². The number of ether oxygens (including phenoxy) is 1. The van der Waals surface area contributed by atoms with Gasteiger partial charge in [0.2, 0.25) is 0 Å². The maximum absolute atomic E-state index is 11.3. The second-order valence-corrected chi connectivity index (χ2v) is 4.99. The average molecular weight is 257 g/mol. The molecule has 1 aliphatic rings. The van der Waals surface area contributed by atoms with Crippen LogP contribution in [0.4, 0.5) is 5.69 Å². The molecule has 19 heavy (non-hydrogen) atoms. The Morgan fingerprint density at radius 3 is 2.95 bits per heavy atom. The number of carbonyl (C=O) groups is 1. The number of aliphatic imine (C=N–C) groups is 1. The number of hydrogen-bond acceptors (Lipinski definition) is 3. The molecular formula is C16H19NO2. The van der Waals surface area contributed by atoms with E-state index in [1.807, 2.05) is 30.5 Å². The summed E-state index contributed by atoms with van der Waals surface area (Å²) in [5.74, 6) is 1.02.